The van der Waals surface area contributed by atoms with Crippen molar-refractivity contribution in [3.8, 4) is 5.75 Å². The molecule has 0 aliphatic rings. The zero-order valence-corrected chi connectivity index (χ0v) is 20.4. The monoisotopic (exact) mass is 466 g/mol. The Labute approximate surface area is 196 Å². The first-order chi connectivity index (χ1) is 15.5. The summed E-state index contributed by atoms with van der Waals surface area (Å²) in [5.41, 5.74) is 6.13. The lowest BCUT2D eigenvalue weighted by Gasteiger charge is -2.18. The van der Waals surface area contributed by atoms with Crippen molar-refractivity contribution in [3.05, 3.63) is 88.5 Å². The average Bonchev–Trinajstić information content (AvgIpc) is 2.76. The molecule has 0 fully saturated rings. The molecule has 2 N–H and O–H groups in total. The molecular formula is C26H30N2O4S. The van der Waals surface area contributed by atoms with E-state index in [0.29, 0.717) is 11.4 Å². The summed E-state index contributed by atoms with van der Waals surface area (Å²) in [6.45, 7) is 9.86. The van der Waals surface area contributed by atoms with Gasteiger partial charge in [0.25, 0.3) is 15.9 Å². The summed E-state index contributed by atoms with van der Waals surface area (Å²) in [5.74, 6) is 0.160. The largest absolute Gasteiger partial charge is 0.484 e. The molecule has 1 amide bonds. The topological polar surface area (TPSA) is 84.5 Å². The highest BCUT2D eigenvalue weighted by atomic mass is 32.2. The van der Waals surface area contributed by atoms with Crippen LogP contribution < -0.4 is 14.8 Å². The minimum absolute atomic E-state index is 0.110. The van der Waals surface area contributed by atoms with Crippen molar-refractivity contribution >= 4 is 21.6 Å². The Bertz CT molecular complexity index is 1230. The molecule has 3 aromatic rings. The summed E-state index contributed by atoms with van der Waals surface area (Å²) in [5, 5.41) is 2.95. The minimum Gasteiger partial charge on any atom is -0.484 e. The first-order valence-electron chi connectivity index (χ1n) is 10.7. The molecule has 0 aliphatic carbocycles. The lowest BCUT2D eigenvalue weighted by molar-refractivity contribution is -0.123. The number of benzene rings is 3. The third kappa shape index (κ3) is 6.35. The van der Waals surface area contributed by atoms with Gasteiger partial charge in [0.2, 0.25) is 0 Å². The number of anilines is 1. The van der Waals surface area contributed by atoms with Crippen molar-refractivity contribution in [3.63, 3.8) is 0 Å². The van der Waals surface area contributed by atoms with Gasteiger partial charge in [0.05, 0.1) is 10.9 Å². The van der Waals surface area contributed by atoms with Crippen LogP contribution in [0.1, 0.15) is 40.8 Å². The number of carbonyl (C=O) groups is 1. The summed E-state index contributed by atoms with van der Waals surface area (Å²) >= 11 is 0. The van der Waals surface area contributed by atoms with Crippen LogP contribution in [0, 0.1) is 27.7 Å². The molecule has 0 spiro atoms. The van der Waals surface area contributed by atoms with Gasteiger partial charge in [0, 0.05) is 5.69 Å². The Kier molecular flexibility index (Phi) is 7.43. The summed E-state index contributed by atoms with van der Waals surface area (Å²) in [6.07, 6.45) is 0. The molecule has 6 nitrogen and oxygen atoms in total. The number of nitrogens with one attached hydrogen (secondary N) is 2. The summed E-state index contributed by atoms with van der Waals surface area (Å²) in [7, 11) is -3.72. The predicted molar refractivity (Wildman–Crippen MR) is 131 cm³/mol. The maximum absolute atomic E-state index is 12.6. The van der Waals surface area contributed by atoms with Gasteiger partial charge < -0.3 is 10.1 Å². The fourth-order valence-electron chi connectivity index (χ4n) is 3.51. The molecule has 3 rings (SSSR count). The summed E-state index contributed by atoms with van der Waals surface area (Å²) in [4.78, 5) is 12.5. The molecule has 1 atom stereocenters. The van der Waals surface area contributed by atoms with Gasteiger partial charge in [-0.2, -0.15) is 0 Å². The standard InChI is InChI=1S/C26H30N2O4S/c1-17-6-8-22(9-7-17)28-33(30,31)24-12-10-23(11-13-24)32-16-26(29)27-21(5)25-15-19(3)18(2)14-20(25)4/h6-15,21,28H,16H2,1-5H3,(H,27,29)/t21-/m1/s1. The SMILES string of the molecule is Cc1ccc(NS(=O)(=O)c2ccc(OCC(=O)N[C@H](C)c3cc(C)c(C)cc3C)cc2)cc1. The number of ether oxygens (including phenoxy) is 1. The van der Waals surface area contributed by atoms with Crippen LogP contribution in [-0.2, 0) is 14.8 Å². The fraction of sp³-hybridized carbons (Fsp3) is 0.269. The van der Waals surface area contributed by atoms with Gasteiger partial charge >= 0.3 is 0 Å². The molecule has 0 radical (unpaired) electrons. The quantitative estimate of drug-likeness (QED) is 0.491. The maximum atomic E-state index is 12.6. The molecule has 0 bridgehead atoms. The van der Waals surface area contributed by atoms with Gasteiger partial charge in [-0.15, -0.1) is 0 Å². The van der Waals surface area contributed by atoms with Crippen molar-refractivity contribution in [2.45, 2.75) is 45.6 Å². The lowest BCUT2D eigenvalue weighted by atomic mass is 9.96. The molecule has 0 saturated carbocycles. The van der Waals surface area contributed by atoms with Crippen molar-refractivity contribution in [1.29, 1.82) is 0 Å². The van der Waals surface area contributed by atoms with Crippen LogP contribution >= 0.6 is 0 Å². The molecule has 7 heteroatoms. The van der Waals surface area contributed by atoms with E-state index >= 15 is 0 Å². The Morgan fingerprint density at radius 1 is 0.879 bits per heavy atom. The van der Waals surface area contributed by atoms with Gasteiger partial charge in [-0.1, -0.05) is 29.8 Å². The molecule has 0 unspecified atom stereocenters. The second kappa shape index (κ2) is 10.1. The van der Waals surface area contributed by atoms with Crippen molar-refractivity contribution in [2.75, 3.05) is 11.3 Å². The number of hydrogen-bond donors (Lipinski definition) is 2. The fourth-order valence-corrected chi connectivity index (χ4v) is 4.57. The van der Waals surface area contributed by atoms with Crippen molar-refractivity contribution < 1.29 is 17.9 Å². The number of rotatable bonds is 8. The van der Waals surface area contributed by atoms with Crippen LogP contribution in [-0.4, -0.2) is 20.9 Å². The highest BCUT2D eigenvalue weighted by Gasteiger charge is 2.16. The number of hydrogen-bond acceptors (Lipinski definition) is 4. The molecule has 0 saturated heterocycles. The molecule has 174 valence electrons. The molecule has 0 aliphatic heterocycles. The van der Waals surface area contributed by atoms with Gasteiger partial charge in [0.15, 0.2) is 6.61 Å². The first-order valence-corrected chi connectivity index (χ1v) is 12.2. The molecule has 33 heavy (non-hydrogen) atoms. The highest BCUT2D eigenvalue weighted by Crippen LogP contribution is 2.22. The van der Waals surface area contributed by atoms with Gasteiger partial charge in [-0.25, -0.2) is 8.42 Å². The second-order valence-corrected chi connectivity index (χ2v) is 10.00. The van der Waals surface area contributed by atoms with Gasteiger partial charge in [0.1, 0.15) is 5.75 Å². The molecule has 0 heterocycles. The molecule has 0 aromatic heterocycles. The van der Waals surface area contributed by atoms with Crippen LogP contribution in [0.4, 0.5) is 5.69 Å². The zero-order valence-electron chi connectivity index (χ0n) is 19.6. The Morgan fingerprint density at radius 2 is 1.48 bits per heavy atom. The minimum atomic E-state index is -3.72. The van der Waals surface area contributed by atoms with E-state index in [1.807, 2.05) is 32.9 Å². The average molecular weight is 467 g/mol. The van der Waals surface area contributed by atoms with Crippen LogP contribution in [0.2, 0.25) is 0 Å². The Balaban J connectivity index is 1.57. The third-order valence-corrected chi connectivity index (χ3v) is 6.93. The number of amides is 1. The van der Waals surface area contributed by atoms with E-state index in [0.717, 1.165) is 16.7 Å². The number of aryl methyl sites for hydroxylation is 4. The van der Waals surface area contributed by atoms with Gasteiger partial charge in [-0.05, 0) is 93.3 Å². The second-order valence-electron chi connectivity index (χ2n) is 8.31. The lowest BCUT2D eigenvalue weighted by Crippen LogP contribution is -2.31. The molecular weight excluding hydrogens is 436 g/mol. The van der Waals surface area contributed by atoms with E-state index < -0.39 is 10.0 Å². The number of sulfonamides is 1. The van der Waals surface area contributed by atoms with Gasteiger partial charge in [-0.3, -0.25) is 9.52 Å². The summed E-state index contributed by atoms with van der Waals surface area (Å²) < 4.78 is 33.2. The van der Waals surface area contributed by atoms with E-state index in [1.165, 1.54) is 35.4 Å². The predicted octanol–water partition coefficient (Wildman–Crippen LogP) is 4.98. The van der Waals surface area contributed by atoms with E-state index in [-0.39, 0.29) is 23.5 Å². The van der Waals surface area contributed by atoms with Crippen LogP contribution in [0.3, 0.4) is 0 Å². The Hall–Kier alpha value is -3.32. The van der Waals surface area contributed by atoms with E-state index in [1.54, 1.807) is 12.1 Å². The van der Waals surface area contributed by atoms with E-state index in [2.05, 4.69) is 36.0 Å². The smallest absolute Gasteiger partial charge is 0.261 e. The zero-order chi connectivity index (χ0) is 24.2. The highest BCUT2D eigenvalue weighted by molar-refractivity contribution is 7.92. The molecule has 3 aromatic carbocycles. The normalized spacial score (nSPS) is 12.2. The first kappa shape index (κ1) is 24.3. The summed E-state index contributed by atoms with van der Waals surface area (Å²) in [6, 6.07) is 17.1. The third-order valence-electron chi connectivity index (χ3n) is 5.53. The number of carbonyl (C=O) groups excluding carboxylic acids is 1. The van der Waals surface area contributed by atoms with Crippen LogP contribution in [0.15, 0.2) is 65.6 Å². The van der Waals surface area contributed by atoms with Crippen LogP contribution in [0.25, 0.3) is 0 Å². The maximum Gasteiger partial charge on any atom is 0.261 e. The van der Waals surface area contributed by atoms with Crippen molar-refractivity contribution in [1.82, 2.24) is 5.32 Å². The Morgan fingerprint density at radius 3 is 2.12 bits per heavy atom. The van der Waals surface area contributed by atoms with Crippen molar-refractivity contribution in [2.24, 2.45) is 0 Å². The van der Waals surface area contributed by atoms with E-state index in [4.69, 9.17) is 4.74 Å². The van der Waals surface area contributed by atoms with Crippen LogP contribution in [0.5, 0.6) is 5.75 Å². The van der Waals surface area contributed by atoms with E-state index in [9.17, 15) is 13.2 Å².